The van der Waals surface area contributed by atoms with Crippen LogP contribution in [0.2, 0.25) is 0 Å². The molecule has 5 aromatic rings. The van der Waals surface area contributed by atoms with Crippen LogP contribution in [0.15, 0.2) is 73.3 Å². The number of aryl methyl sites for hydroxylation is 1. The van der Waals surface area contributed by atoms with E-state index >= 15 is 0 Å². The summed E-state index contributed by atoms with van der Waals surface area (Å²) >= 11 is 0. The van der Waals surface area contributed by atoms with Crippen LogP contribution in [0.1, 0.15) is 24.8 Å². The monoisotopic (exact) mass is 482 g/mol. The van der Waals surface area contributed by atoms with E-state index in [-0.39, 0.29) is 18.0 Å². The number of aromatic nitrogens is 5. The van der Waals surface area contributed by atoms with Crippen LogP contribution < -0.4 is 5.32 Å². The number of aliphatic hydroxyl groups excluding tert-OH is 1. The van der Waals surface area contributed by atoms with Crippen molar-refractivity contribution in [1.29, 1.82) is 0 Å². The highest BCUT2D eigenvalue weighted by atomic mass is 19.1. The maximum absolute atomic E-state index is 14.2. The third-order valence-electron chi connectivity index (χ3n) is 6.98. The number of benzene rings is 2. The molecule has 2 N–H and O–H groups in total. The minimum atomic E-state index is -0.319. The zero-order valence-corrected chi connectivity index (χ0v) is 20.0. The molecule has 8 heteroatoms. The molecule has 1 fully saturated rings. The van der Waals surface area contributed by atoms with Gasteiger partial charge in [-0.1, -0.05) is 24.3 Å². The van der Waals surface area contributed by atoms with Crippen molar-refractivity contribution in [3.05, 3.63) is 84.7 Å². The number of nitrogens with zero attached hydrogens (tertiary/aromatic N) is 5. The van der Waals surface area contributed by atoms with Crippen molar-refractivity contribution >= 4 is 5.65 Å². The summed E-state index contributed by atoms with van der Waals surface area (Å²) in [6.07, 6.45) is 8.34. The number of aliphatic hydroxyl groups is 1. The fourth-order valence-corrected chi connectivity index (χ4v) is 5.03. The van der Waals surface area contributed by atoms with E-state index in [1.54, 1.807) is 17.0 Å². The van der Waals surface area contributed by atoms with Gasteiger partial charge in [0.1, 0.15) is 17.8 Å². The summed E-state index contributed by atoms with van der Waals surface area (Å²) in [6, 6.07) is 17.2. The molecular formula is C28H27FN6O. The smallest absolute Gasteiger partial charge is 0.164 e. The van der Waals surface area contributed by atoms with Gasteiger partial charge in [0, 0.05) is 43.2 Å². The van der Waals surface area contributed by atoms with Crippen LogP contribution in [-0.2, 0) is 13.6 Å². The zero-order valence-electron chi connectivity index (χ0n) is 20.0. The number of halogens is 1. The number of pyridine rings is 1. The summed E-state index contributed by atoms with van der Waals surface area (Å²) in [5, 5.41) is 21.7. The van der Waals surface area contributed by atoms with E-state index in [4.69, 9.17) is 4.98 Å². The van der Waals surface area contributed by atoms with E-state index in [9.17, 15) is 9.50 Å². The van der Waals surface area contributed by atoms with Crippen LogP contribution in [0, 0.1) is 5.82 Å². The molecule has 3 heterocycles. The Labute approximate surface area is 208 Å². The van der Waals surface area contributed by atoms with Crippen molar-refractivity contribution in [2.75, 3.05) is 0 Å². The van der Waals surface area contributed by atoms with Crippen LogP contribution in [-0.4, -0.2) is 41.4 Å². The maximum atomic E-state index is 14.2. The molecule has 1 aliphatic rings. The lowest BCUT2D eigenvalue weighted by molar-refractivity contribution is 0.148. The average molecular weight is 483 g/mol. The largest absolute Gasteiger partial charge is 0.392 e. The normalized spacial score (nSPS) is 17.8. The number of rotatable bonds is 6. The van der Waals surface area contributed by atoms with Crippen molar-refractivity contribution in [2.45, 2.75) is 38.0 Å². The standard InChI is InChI=1S/C28H27FN6O/c1-34-17-31-33-28(34)23-14-21(29)8-9-22(23)19-4-2-5-20(13-19)25-16-35-11-10-18(12-27(35)32-25)15-30-24-6-3-7-26(24)36/h2,4-5,8-14,16-17,24,26,30,36H,3,6-7,15H2,1H3/t24?,26-/m0/s1. The molecule has 0 amide bonds. The SMILES string of the molecule is Cn1cnnc1-c1cc(F)ccc1-c1cccc(-c2cn3ccc(CNC4CCC[C@@H]4O)cc3n2)c1. The van der Waals surface area contributed by atoms with Crippen molar-refractivity contribution in [3.63, 3.8) is 0 Å². The number of fused-ring (bicyclic) bond motifs is 1. The molecule has 2 aromatic carbocycles. The summed E-state index contributed by atoms with van der Waals surface area (Å²) in [4.78, 5) is 4.87. The highest BCUT2D eigenvalue weighted by Crippen LogP contribution is 2.33. The predicted molar refractivity (Wildman–Crippen MR) is 137 cm³/mol. The fourth-order valence-electron chi connectivity index (χ4n) is 5.03. The molecule has 0 bridgehead atoms. The van der Waals surface area contributed by atoms with Gasteiger partial charge in [-0.15, -0.1) is 10.2 Å². The Morgan fingerprint density at radius 2 is 1.94 bits per heavy atom. The second-order valence-corrected chi connectivity index (χ2v) is 9.45. The summed E-state index contributed by atoms with van der Waals surface area (Å²) < 4.78 is 18.0. The molecule has 3 aromatic heterocycles. The third-order valence-corrected chi connectivity index (χ3v) is 6.98. The minimum absolute atomic E-state index is 0.164. The molecule has 0 saturated heterocycles. The Morgan fingerprint density at radius 3 is 2.75 bits per heavy atom. The van der Waals surface area contributed by atoms with Gasteiger partial charge in [0.25, 0.3) is 0 Å². The van der Waals surface area contributed by atoms with Gasteiger partial charge in [-0.3, -0.25) is 0 Å². The van der Waals surface area contributed by atoms with Gasteiger partial charge in [-0.2, -0.15) is 0 Å². The first kappa shape index (κ1) is 22.6. The number of hydrogen-bond acceptors (Lipinski definition) is 5. The number of imidazole rings is 1. The molecule has 1 saturated carbocycles. The van der Waals surface area contributed by atoms with E-state index in [0.29, 0.717) is 17.9 Å². The maximum Gasteiger partial charge on any atom is 0.164 e. The fraction of sp³-hybridized carbons (Fsp3) is 0.250. The molecule has 6 rings (SSSR count). The van der Waals surface area contributed by atoms with Crippen LogP contribution in [0.3, 0.4) is 0 Å². The second kappa shape index (κ2) is 9.29. The summed E-state index contributed by atoms with van der Waals surface area (Å²) in [5.41, 5.74) is 6.33. The van der Waals surface area contributed by atoms with Crippen molar-refractivity contribution in [1.82, 2.24) is 29.5 Å². The first-order valence-corrected chi connectivity index (χ1v) is 12.2. The predicted octanol–water partition coefficient (Wildman–Crippen LogP) is 4.61. The quantitative estimate of drug-likeness (QED) is 0.370. The Morgan fingerprint density at radius 1 is 1.06 bits per heavy atom. The van der Waals surface area contributed by atoms with E-state index < -0.39 is 0 Å². The molecule has 36 heavy (non-hydrogen) atoms. The molecule has 0 aliphatic heterocycles. The summed E-state index contributed by atoms with van der Waals surface area (Å²) in [5.74, 6) is 0.287. The van der Waals surface area contributed by atoms with Gasteiger partial charge in [0.15, 0.2) is 5.82 Å². The van der Waals surface area contributed by atoms with Crippen LogP contribution in [0.4, 0.5) is 4.39 Å². The lowest BCUT2D eigenvalue weighted by atomic mass is 9.97. The Balaban J connectivity index is 1.31. The molecule has 1 unspecified atom stereocenters. The van der Waals surface area contributed by atoms with Crippen molar-refractivity contribution in [3.8, 4) is 33.8 Å². The van der Waals surface area contributed by atoms with Gasteiger partial charge < -0.3 is 19.4 Å². The van der Waals surface area contributed by atoms with E-state index in [1.165, 1.54) is 12.1 Å². The lowest BCUT2D eigenvalue weighted by Crippen LogP contribution is -2.35. The number of hydrogen-bond donors (Lipinski definition) is 2. The highest BCUT2D eigenvalue weighted by molar-refractivity contribution is 5.83. The Bertz CT molecular complexity index is 1540. The average Bonchev–Trinajstić information content (AvgIpc) is 3.62. The van der Waals surface area contributed by atoms with Gasteiger partial charge in [0.05, 0.1) is 11.8 Å². The van der Waals surface area contributed by atoms with Crippen molar-refractivity contribution < 1.29 is 9.50 Å². The van der Waals surface area contributed by atoms with Crippen LogP contribution in [0.25, 0.3) is 39.4 Å². The number of nitrogens with one attached hydrogen (secondary N) is 1. The minimum Gasteiger partial charge on any atom is -0.392 e. The topological polar surface area (TPSA) is 80.3 Å². The first-order valence-electron chi connectivity index (χ1n) is 12.2. The van der Waals surface area contributed by atoms with Crippen LogP contribution >= 0.6 is 0 Å². The molecule has 0 radical (unpaired) electrons. The third kappa shape index (κ3) is 4.29. The molecule has 0 spiro atoms. The van der Waals surface area contributed by atoms with Gasteiger partial charge >= 0.3 is 0 Å². The lowest BCUT2D eigenvalue weighted by Gasteiger charge is -2.16. The molecule has 182 valence electrons. The zero-order chi connectivity index (χ0) is 24.6. The van der Waals surface area contributed by atoms with E-state index in [0.717, 1.165) is 52.9 Å². The Hall–Kier alpha value is -3.88. The highest BCUT2D eigenvalue weighted by Gasteiger charge is 2.24. The summed E-state index contributed by atoms with van der Waals surface area (Å²) in [7, 11) is 1.84. The molecular weight excluding hydrogens is 455 g/mol. The first-order chi connectivity index (χ1) is 17.5. The Kier molecular flexibility index (Phi) is 5.83. The molecule has 1 aliphatic carbocycles. The van der Waals surface area contributed by atoms with Gasteiger partial charge in [-0.05, 0) is 66.3 Å². The van der Waals surface area contributed by atoms with E-state index in [1.807, 2.05) is 42.0 Å². The summed E-state index contributed by atoms with van der Waals surface area (Å²) in [6.45, 7) is 0.700. The van der Waals surface area contributed by atoms with Gasteiger partial charge in [-0.25, -0.2) is 9.37 Å². The molecule has 2 atom stereocenters. The van der Waals surface area contributed by atoms with Crippen molar-refractivity contribution in [2.24, 2.45) is 7.05 Å². The molecule has 7 nitrogen and oxygen atoms in total. The van der Waals surface area contributed by atoms with E-state index in [2.05, 4.69) is 33.7 Å². The van der Waals surface area contributed by atoms with Gasteiger partial charge in [0.2, 0.25) is 0 Å². The second-order valence-electron chi connectivity index (χ2n) is 9.45. The van der Waals surface area contributed by atoms with Crippen LogP contribution in [0.5, 0.6) is 0 Å².